The van der Waals surface area contributed by atoms with Crippen molar-refractivity contribution >= 4 is 5.78 Å². The Balaban J connectivity index is 1.49. The number of ether oxygens (including phenoxy) is 1. The van der Waals surface area contributed by atoms with Gasteiger partial charge in [-0.2, -0.15) is 0 Å². The minimum Gasteiger partial charge on any atom is -0.393 e. The van der Waals surface area contributed by atoms with Gasteiger partial charge in [0.25, 0.3) is 0 Å². The summed E-state index contributed by atoms with van der Waals surface area (Å²) in [6.07, 6.45) is 7.65. The van der Waals surface area contributed by atoms with Crippen LogP contribution in [0.3, 0.4) is 0 Å². The van der Waals surface area contributed by atoms with Gasteiger partial charge in [0.1, 0.15) is 5.60 Å². The van der Waals surface area contributed by atoms with Crippen molar-refractivity contribution in [2.45, 2.75) is 149 Å². The van der Waals surface area contributed by atoms with E-state index in [0.717, 1.165) is 51.4 Å². The van der Waals surface area contributed by atoms with E-state index >= 15 is 0 Å². The van der Waals surface area contributed by atoms with Crippen LogP contribution in [0.15, 0.2) is 0 Å². The van der Waals surface area contributed by atoms with Crippen molar-refractivity contribution in [2.24, 2.45) is 45.3 Å². The Hall–Kier alpha value is -0.490. The van der Waals surface area contributed by atoms with E-state index in [1.165, 1.54) is 0 Å². The van der Waals surface area contributed by atoms with Crippen LogP contribution in [0.25, 0.3) is 0 Å². The van der Waals surface area contributed by atoms with Gasteiger partial charge in [-0.25, -0.2) is 0 Å². The monoisotopic (exact) mass is 518 g/mol. The fourth-order valence-electron chi connectivity index (χ4n) is 11.8. The number of fused-ring (bicyclic) bond motifs is 5. The van der Waals surface area contributed by atoms with Gasteiger partial charge in [0.15, 0.2) is 5.78 Å². The van der Waals surface area contributed by atoms with Crippen LogP contribution in [-0.2, 0) is 9.53 Å². The molecular formula is C32H54O5. The minimum atomic E-state index is -1.29. The van der Waals surface area contributed by atoms with Crippen molar-refractivity contribution in [3.05, 3.63) is 0 Å². The van der Waals surface area contributed by atoms with E-state index in [-0.39, 0.29) is 45.6 Å². The molecule has 0 radical (unpaired) electrons. The molecule has 1 aliphatic heterocycles. The van der Waals surface area contributed by atoms with Crippen LogP contribution in [0.1, 0.15) is 120 Å². The summed E-state index contributed by atoms with van der Waals surface area (Å²) in [5.74, 6) is 0.998. The van der Waals surface area contributed by atoms with Crippen molar-refractivity contribution in [2.75, 3.05) is 0 Å². The van der Waals surface area contributed by atoms with Crippen molar-refractivity contribution in [3.63, 3.8) is 0 Å². The maximum atomic E-state index is 12.7. The predicted molar refractivity (Wildman–Crippen MR) is 145 cm³/mol. The first kappa shape index (κ1) is 28.1. The molecule has 5 aliphatic rings. The zero-order valence-corrected chi connectivity index (χ0v) is 25.0. The summed E-state index contributed by atoms with van der Waals surface area (Å²) >= 11 is 0. The molecule has 0 spiro atoms. The first-order valence-corrected chi connectivity index (χ1v) is 15.1. The second-order valence-electron chi connectivity index (χ2n) is 16.2. The molecule has 212 valence electrons. The van der Waals surface area contributed by atoms with Gasteiger partial charge in [0.2, 0.25) is 0 Å². The molecule has 5 nitrogen and oxygen atoms in total. The van der Waals surface area contributed by atoms with E-state index in [4.69, 9.17) is 4.74 Å². The van der Waals surface area contributed by atoms with Gasteiger partial charge in [-0.05, 0) is 125 Å². The lowest BCUT2D eigenvalue weighted by atomic mass is 9.33. The molecule has 5 fully saturated rings. The molecule has 3 N–H and O–H groups in total. The predicted octanol–water partition coefficient (Wildman–Crippen LogP) is 5.67. The summed E-state index contributed by atoms with van der Waals surface area (Å²) < 4.78 is 6.68. The molecule has 0 bridgehead atoms. The second kappa shape index (κ2) is 8.04. The van der Waals surface area contributed by atoms with Crippen molar-refractivity contribution in [1.29, 1.82) is 0 Å². The molecular weight excluding hydrogens is 464 g/mol. The molecule has 1 saturated heterocycles. The first-order chi connectivity index (χ1) is 16.8. The number of Topliss-reactive ketones (excluding diaryl/α,β-unsaturated/α-hetero) is 1. The molecule has 0 aromatic heterocycles. The normalized spacial score (nSPS) is 55.4. The summed E-state index contributed by atoms with van der Waals surface area (Å²) in [5.41, 5.74) is -2.95. The van der Waals surface area contributed by atoms with Crippen LogP contribution in [-0.4, -0.2) is 50.1 Å². The van der Waals surface area contributed by atoms with Gasteiger partial charge in [0.05, 0.1) is 23.4 Å². The zero-order chi connectivity index (χ0) is 27.6. The Morgan fingerprint density at radius 3 is 2.05 bits per heavy atom. The fourth-order valence-corrected chi connectivity index (χ4v) is 11.8. The third-order valence-electron chi connectivity index (χ3n) is 14.0. The smallest absolute Gasteiger partial charge is 0.161 e. The number of hydrogen-bond acceptors (Lipinski definition) is 5. The average molecular weight is 519 g/mol. The van der Waals surface area contributed by atoms with Gasteiger partial charge >= 0.3 is 0 Å². The Labute approximate surface area is 225 Å². The SMILES string of the molecule is CC(=O)[C@@]1(O)CC[C@@]2(C)C(CC[C@]3(C)[C@@H]2[C@H](O)C[C@@H]2[C@@H]([C@]4(C)CC[C@H](C(C)(C)O)O4)CC[C@@]23C)C1(C)C. The Bertz CT molecular complexity index is 953. The van der Waals surface area contributed by atoms with E-state index in [1.807, 2.05) is 13.8 Å². The third kappa shape index (κ3) is 3.45. The summed E-state index contributed by atoms with van der Waals surface area (Å²) in [6, 6.07) is 0. The average Bonchev–Trinajstić information content (AvgIpc) is 3.33. The lowest BCUT2D eigenvalue weighted by Crippen LogP contribution is -2.70. The maximum absolute atomic E-state index is 12.7. The van der Waals surface area contributed by atoms with Crippen LogP contribution >= 0.6 is 0 Å². The number of hydrogen-bond donors (Lipinski definition) is 3. The number of rotatable bonds is 3. The van der Waals surface area contributed by atoms with Gasteiger partial charge in [-0.15, -0.1) is 0 Å². The van der Waals surface area contributed by atoms with Crippen LogP contribution in [0.4, 0.5) is 0 Å². The molecule has 5 heteroatoms. The second-order valence-corrected chi connectivity index (χ2v) is 16.2. The van der Waals surface area contributed by atoms with E-state index in [2.05, 4.69) is 41.5 Å². The Morgan fingerprint density at radius 1 is 0.865 bits per heavy atom. The lowest BCUT2D eigenvalue weighted by Gasteiger charge is -2.71. The quantitative estimate of drug-likeness (QED) is 0.448. The minimum absolute atomic E-state index is 0.0122. The van der Waals surface area contributed by atoms with Gasteiger partial charge in [-0.1, -0.05) is 34.6 Å². The topological polar surface area (TPSA) is 87.0 Å². The van der Waals surface area contributed by atoms with Crippen molar-refractivity contribution in [1.82, 2.24) is 0 Å². The summed E-state index contributed by atoms with van der Waals surface area (Å²) in [4.78, 5) is 12.7. The largest absolute Gasteiger partial charge is 0.393 e. The number of carbonyl (C=O) groups excluding carboxylic acids is 1. The van der Waals surface area contributed by atoms with E-state index in [0.29, 0.717) is 18.3 Å². The highest BCUT2D eigenvalue weighted by atomic mass is 16.5. The third-order valence-corrected chi connectivity index (χ3v) is 14.0. The van der Waals surface area contributed by atoms with Crippen LogP contribution in [0.2, 0.25) is 0 Å². The summed E-state index contributed by atoms with van der Waals surface area (Å²) in [5, 5.41) is 34.3. The van der Waals surface area contributed by atoms with Gasteiger partial charge < -0.3 is 20.1 Å². The van der Waals surface area contributed by atoms with Crippen LogP contribution < -0.4 is 0 Å². The highest BCUT2D eigenvalue weighted by Gasteiger charge is 2.73. The molecule has 0 aromatic rings. The van der Waals surface area contributed by atoms with Gasteiger partial charge in [0, 0.05) is 5.41 Å². The zero-order valence-electron chi connectivity index (χ0n) is 25.0. The molecule has 5 rings (SSSR count). The number of aliphatic hydroxyl groups is 3. The molecule has 1 unspecified atom stereocenters. The van der Waals surface area contributed by atoms with E-state index < -0.39 is 22.7 Å². The summed E-state index contributed by atoms with van der Waals surface area (Å²) in [7, 11) is 0. The molecule has 0 aromatic carbocycles. The maximum Gasteiger partial charge on any atom is 0.161 e. The van der Waals surface area contributed by atoms with Gasteiger partial charge in [-0.3, -0.25) is 4.79 Å². The Kier molecular flexibility index (Phi) is 6.10. The number of carbonyl (C=O) groups is 1. The molecule has 4 aliphatic carbocycles. The molecule has 1 heterocycles. The molecule has 11 atom stereocenters. The van der Waals surface area contributed by atoms with E-state index in [9.17, 15) is 20.1 Å². The van der Waals surface area contributed by atoms with Crippen LogP contribution in [0.5, 0.6) is 0 Å². The summed E-state index contributed by atoms with van der Waals surface area (Å²) in [6.45, 7) is 19.1. The standard InChI is InChI=1S/C32H54O5/c1-19(33)32(36)17-16-28(6)23(26(32,2)3)11-14-30(8)25(28)22(34)18-21-20(10-13-29(21,30)7)31(9)15-12-24(37-31)27(4,5)35/h20-25,34-36H,10-18H2,1-9H3/t20-,21+,22+,23?,24+,25+,28-,29-,30+,31-,32-/m0/s1. The number of aliphatic hydroxyl groups excluding tert-OH is 1. The molecule has 37 heavy (non-hydrogen) atoms. The molecule has 0 amide bonds. The van der Waals surface area contributed by atoms with Crippen molar-refractivity contribution in [3.8, 4) is 0 Å². The molecule has 4 saturated carbocycles. The highest BCUT2D eigenvalue weighted by Crippen LogP contribution is 2.76. The van der Waals surface area contributed by atoms with E-state index in [1.54, 1.807) is 6.92 Å². The highest BCUT2D eigenvalue weighted by molar-refractivity contribution is 5.86. The van der Waals surface area contributed by atoms with Crippen molar-refractivity contribution < 1.29 is 24.9 Å². The Morgan fingerprint density at radius 2 is 1.49 bits per heavy atom. The fraction of sp³-hybridized carbons (Fsp3) is 0.969. The first-order valence-electron chi connectivity index (χ1n) is 15.1. The number of ketones is 1. The van der Waals surface area contributed by atoms with Crippen LogP contribution in [0, 0.1) is 45.3 Å². The lowest BCUT2D eigenvalue weighted by molar-refractivity contribution is -0.269.